The van der Waals surface area contributed by atoms with Crippen molar-refractivity contribution < 1.29 is 9.59 Å². The minimum absolute atomic E-state index is 0.0562. The molecule has 3 rings (SSSR count). The number of nitrogens with one attached hydrogen (secondary N) is 1. The van der Waals surface area contributed by atoms with Crippen molar-refractivity contribution in [3.05, 3.63) is 29.8 Å². The second-order valence-electron chi connectivity index (χ2n) is 7.09. The lowest BCUT2D eigenvalue weighted by Crippen LogP contribution is -2.43. The van der Waals surface area contributed by atoms with Crippen molar-refractivity contribution in [3.63, 3.8) is 0 Å². The Morgan fingerprint density at radius 1 is 1.38 bits per heavy atom. The van der Waals surface area contributed by atoms with E-state index in [2.05, 4.69) is 11.4 Å². The number of anilines is 1. The maximum Gasteiger partial charge on any atom is 0.317 e. The molecule has 1 aromatic carbocycles. The van der Waals surface area contributed by atoms with Crippen LogP contribution in [0.2, 0.25) is 0 Å². The molecule has 126 valence electrons. The number of benzene rings is 1. The summed E-state index contributed by atoms with van der Waals surface area (Å²) in [5.74, 6) is 0.0659. The highest BCUT2D eigenvalue weighted by Crippen LogP contribution is 2.41. The maximum absolute atomic E-state index is 12.5. The van der Waals surface area contributed by atoms with Crippen LogP contribution in [0.25, 0.3) is 0 Å². The average Bonchev–Trinajstić information content (AvgIpc) is 3.10. The third-order valence-electron chi connectivity index (χ3n) is 4.75. The van der Waals surface area contributed by atoms with Gasteiger partial charge >= 0.3 is 6.03 Å². The average molecular weight is 326 g/mol. The molecule has 3 amide bonds. The number of hydrogen-bond donors (Lipinski definition) is 1. The van der Waals surface area contributed by atoms with Crippen LogP contribution in [0, 0.1) is 16.7 Å². The lowest BCUT2D eigenvalue weighted by atomic mass is 9.86. The molecule has 2 aliphatic rings. The van der Waals surface area contributed by atoms with E-state index in [9.17, 15) is 9.59 Å². The highest BCUT2D eigenvalue weighted by atomic mass is 16.2. The lowest BCUT2D eigenvalue weighted by molar-refractivity contribution is -0.117. The lowest BCUT2D eigenvalue weighted by Gasteiger charge is -2.25. The van der Waals surface area contributed by atoms with E-state index in [1.807, 2.05) is 24.8 Å². The van der Waals surface area contributed by atoms with Crippen molar-refractivity contribution in [2.24, 2.45) is 5.41 Å². The van der Waals surface area contributed by atoms with Gasteiger partial charge in [0.05, 0.1) is 11.6 Å². The zero-order valence-electron chi connectivity index (χ0n) is 14.1. The number of amides is 3. The van der Waals surface area contributed by atoms with Crippen LogP contribution in [0.3, 0.4) is 0 Å². The summed E-state index contributed by atoms with van der Waals surface area (Å²) >= 11 is 0. The molecule has 0 aliphatic carbocycles. The predicted octanol–water partition coefficient (Wildman–Crippen LogP) is 2.11. The molecule has 6 heteroatoms. The number of hydrogen-bond acceptors (Lipinski definition) is 3. The Labute approximate surface area is 142 Å². The van der Waals surface area contributed by atoms with Gasteiger partial charge in [-0.3, -0.25) is 4.79 Å². The van der Waals surface area contributed by atoms with Crippen LogP contribution in [-0.2, 0) is 4.79 Å². The summed E-state index contributed by atoms with van der Waals surface area (Å²) in [4.78, 5) is 28.3. The van der Waals surface area contributed by atoms with E-state index in [-0.39, 0.29) is 23.4 Å². The Morgan fingerprint density at radius 2 is 2.17 bits per heavy atom. The van der Waals surface area contributed by atoms with Crippen LogP contribution in [0.15, 0.2) is 24.3 Å². The van der Waals surface area contributed by atoms with E-state index in [0.29, 0.717) is 31.6 Å². The van der Waals surface area contributed by atoms with E-state index >= 15 is 0 Å². The van der Waals surface area contributed by atoms with Crippen LogP contribution in [0.5, 0.6) is 0 Å². The van der Waals surface area contributed by atoms with Crippen molar-refractivity contribution in [1.29, 1.82) is 5.26 Å². The molecule has 1 N–H and O–H groups in total. The molecule has 1 atom stereocenters. The summed E-state index contributed by atoms with van der Waals surface area (Å²) in [5, 5.41) is 12.0. The Kier molecular flexibility index (Phi) is 4.18. The van der Waals surface area contributed by atoms with E-state index < -0.39 is 0 Å². The van der Waals surface area contributed by atoms with Crippen LogP contribution in [0.4, 0.5) is 10.5 Å². The number of carbonyl (C=O) groups is 2. The molecule has 1 aromatic rings. The predicted molar refractivity (Wildman–Crippen MR) is 90.4 cm³/mol. The van der Waals surface area contributed by atoms with Gasteiger partial charge in [-0.1, -0.05) is 6.07 Å². The molecule has 2 heterocycles. The van der Waals surface area contributed by atoms with Gasteiger partial charge in [-0.15, -0.1) is 0 Å². The van der Waals surface area contributed by atoms with Crippen molar-refractivity contribution in [2.75, 3.05) is 24.5 Å². The fourth-order valence-electron chi connectivity index (χ4n) is 3.59. The molecule has 24 heavy (non-hydrogen) atoms. The molecule has 0 bridgehead atoms. The molecule has 0 unspecified atom stereocenters. The Morgan fingerprint density at radius 3 is 2.88 bits per heavy atom. The normalized spacial score (nSPS) is 23.2. The largest absolute Gasteiger partial charge is 0.336 e. The SMILES string of the molecule is CC(C)NC(=O)N1CC[C@]2(CC(=O)N(c3cccc(C#N)c3)C2)C1. The Balaban J connectivity index is 1.73. The number of urea groups is 1. The third-order valence-corrected chi connectivity index (χ3v) is 4.75. The summed E-state index contributed by atoms with van der Waals surface area (Å²) in [6.07, 6.45) is 1.29. The van der Waals surface area contributed by atoms with Crippen LogP contribution >= 0.6 is 0 Å². The second kappa shape index (κ2) is 6.16. The van der Waals surface area contributed by atoms with Crippen molar-refractivity contribution >= 4 is 17.6 Å². The van der Waals surface area contributed by atoms with Crippen LogP contribution in [-0.4, -0.2) is 42.5 Å². The van der Waals surface area contributed by atoms with Crippen LogP contribution in [0.1, 0.15) is 32.3 Å². The first-order chi connectivity index (χ1) is 11.4. The molecule has 0 radical (unpaired) electrons. The first-order valence-electron chi connectivity index (χ1n) is 8.28. The molecule has 0 saturated carbocycles. The first-order valence-corrected chi connectivity index (χ1v) is 8.28. The van der Waals surface area contributed by atoms with Gasteiger partial charge < -0.3 is 15.1 Å². The van der Waals surface area contributed by atoms with Crippen molar-refractivity contribution in [3.8, 4) is 6.07 Å². The molecular weight excluding hydrogens is 304 g/mol. The van der Waals surface area contributed by atoms with E-state index in [1.54, 1.807) is 23.1 Å². The van der Waals surface area contributed by atoms with Gasteiger partial charge in [-0.25, -0.2) is 4.79 Å². The molecule has 2 saturated heterocycles. The van der Waals surface area contributed by atoms with Gasteiger partial charge in [0.25, 0.3) is 0 Å². The second-order valence-corrected chi connectivity index (χ2v) is 7.09. The van der Waals surface area contributed by atoms with E-state index in [1.165, 1.54) is 0 Å². The standard InChI is InChI=1S/C18H22N4O2/c1-13(2)20-17(24)21-7-6-18(11-21)9-16(23)22(12-18)15-5-3-4-14(8-15)10-19/h3-5,8,13H,6-7,9,11-12H2,1-2H3,(H,20,24)/t18-/m0/s1. The third kappa shape index (κ3) is 3.07. The van der Waals surface area contributed by atoms with Gasteiger partial charge in [0.15, 0.2) is 0 Å². The molecule has 0 aromatic heterocycles. The Bertz CT molecular complexity index is 709. The summed E-state index contributed by atoms with van der Waals surface area (Å²) in [6, 6.07) is 9.28. The van der Waals surface area contributed by atoms with E-state index in [0.717, 1.165) is 12.1 Å². The zero-order chi connectivity index (χ0) is 17.3. The first kappa shape index (κ1) is 16.3. The van der Waals surface area contributed by atoms with Gasteiger partial charge in [-0.2, -0.15) is 5.26 Å². The van der Waals surface area contributed by atoms with E-state index in [4.69, 9.17) is 5.26 Å². The van der Waals surface area contributed by atoms with Crippen molar-refractivity contribution in [2.45, 2.75) is 32.7 Å². The number of likely N-dealkylation sites (tertiary alicyclic amines) is 1. The fraction of sp³-hybridized carbons (Fsp3) is 0.500. The monoisotopic (exact) mass is 326 g/mol. The zero-order valence-corrected chi connectivity index (χ0v) is 14.1. The number of nitriles is 1. The number of carbonyl (C=O) groups excluding carboxylic acids is 2. The van der Waals surface area contributed by atoms with Gasteiger partial charge in [0.1, 0.15) is 0 Å². The topological polar surface area (TPSA) is 76.4 Å². The maximum atomic E-state index is 12.5. The highest BCUT2D eigenvalue weighted by Gasteiger charge is 2.48. The summed E-state index contributed by atoms with van der Waals surface area (Å²) in [6.45, 7) is 5.76. The molecule has 2 fully saturated rings. The van der Waals surface area contributed by atoms with Gasteiger partial charge in [-0.05, 0) is 38.5 Å². The fourth-order valence-corrected chi connectivity index (χ4v) is 3.59. The molecule has 2 aliphatic heterocycles. The molecular formula is C18H22N4O2. The minimum Gasteiger partial charge on any atom is -0.336 e. The van der Waals surface area contributed by atoms with Gasteiger partial charge in [0.2, 0.25) is 5.91 Å². The number of rotatable bonds is 2. The van der Waals surface area contributed by atoms with Crippen molar-refractivity contribution in [1.82, 2.24) is 10.2 Å². The number of nitrogens with zero attached hydrogens (tertiary/aromatic N) is 3. The Hall–Kier alpha value is -2.55. The van der Waals surface area contributed by atoms with Gasteiger partial charge in [0, 0.05) is 43.2 Å². The summed E-state index contributed by atoms with van der Waals surface area (Å²) < 4.78 is 0. The summed E-state index contributed by atoms with van der Waals surface area (Å²) in [7, 11) is 0. The highest BCUT2D eigenvalue weighted by molar-refractivity contribution is 5.96. The molecule has 1 spiro atoms. The smallest absolute Gasteiger partial charge is 0.317 e. The molecule has 6 nitrogen and oxygen atoms in total. The minimum atomic E-state index is -0.173. The van der Waals surface area contributed by atoms with Crippen LogP contribution < -0.4 is 10.2 Å². The quantitative estimate of drug-likeness (QED) is 0.904. The summed E-state index contributed by atoms with van der Waals surface area (Å²) in [5.41, 5.74) is 1.14.